The number of rotatable bonds is 9. The van der Waals surface area contributed by atoms with E-state index in [-0.39, 0.29) is 23.9 Å². The minimum Gasteiger partial charge on any atom is -0.466 e. The third kappa shape index (κ3) is 7.40. The highest BCUT2D eigenvalue weighted by molar-refractivity contribution is 6.06. The van der Waals surface area contributed by atoms with Crippen LogP contribution in [0.4, 0.5) is 5.69 Å². The van der Waals surface area contributed by atoms with Crippen LogP contribution in [0.5, 0.6) is 0 Å². The number of carbonyl (C=O) groups is 4. The predicted octanol–water partition coefficient (Wildman–Crippen LogP) is 3.17. The lowest BCUT2D eigenvalue weighted by Crippen LogP contribution is -2.11. The van der Waals surface area contributed by atoms with Crippen LogP contribution in [0.15, 0.2) is 47.6 Å². The van der Waals surface area contributed by atoms with Gasteiger partial charge in [0, 0.05) is 23.8 Å². The van der Waals surface area contributed by atoms with Gasteiger partial charge in [0.05, 0.1) is 7.11 Å². The van der Waals surface area contributed by atoms with Gasteiger partial charge in [-0.25, -0.2) is 4.79 Å². The molecule has 0 aliphatic rings. The number of anilines is 1. The number of allylic oxidation sites excluding steroid dienone is 2. The first kappa shape index (κ1) is 22.0. The molecule has 144 valence electrons. The molecule has 0 aliphatic carbocycles. The molecule has 6 nitrogen and oxygen atoms in total. The molecule has 0 atom stereocenters. The fourth-order valence-electron chi connectivity index (χ4n) is 2.38. The molecule has 0 spiro atoms. The van der Waals surface area contributed by atoms with Crippen molar-refractivity contribution in [2.75, 3.05) is 12.4 Å². The van der Waals surface area contributed by atoms with Crippen molar-refractivity contribution in [3.05, 3.63) is 53.1 Å². The fourth-order valence-corrected chi connectivity index (χ4v) is 2.38. The second-order valence-corrected chi connectivity index (χ2v) is 5.92. The van der Waals surface area contributed by atoms with Crippen LogP contribution >= 0.6 is 0 Å². The summed E-state index contributed by atoms with van der Waals surface area (Å²) in [5.74, 6) is -1.22. The zero-order chi connectivity index (χ0) is 20.4. The Morgan fingerprint density at radius 1 is 0.963 bits per heavy atom. The van der Waals surface area contributed by atoms with Crippen LogP contribution in [0.3, 0.4) is 0 Å². The Hall–Kier alpha value is -3.02. The van der Waals surface area contributed by atoms with Gasteiger partial charge in [-0.3, -0.25) is 14.4 Å². The number of ether oxygens (including phenoxy) is 1. The summed E-state index contributed by atoms with van der Waals surface area (Å²) >= 11 is 0. The van der Waals surface area contributed by atoms with Crippen molar-refractivity contribution in [2.24, 2.45) is 0 Å². The third-order valence-electron chi connectivity index (χ3n) is 3.90. The number of amides is 1. The average molecular weight is 371 g/mol. The van der Waals surface area contributed by atoms with Crippen LogP contribution in [0.25, 0.3) is 0 Å². The van der Waals surface area contributed by atoms with Crippen molar-refractivity contribution in [3.8, 4) is 0 Å². The summed E-state index contributed by atoms with van der Waals surface area (Å²) in [7, 11) is 1.28. The van der Waals surface area contributed by atoms with Gasteiger partial charge in [-0.1, -0.05) is 26.0 Å². The zero-order valence-corrected chi connectivity index (χ0v) is 16.1. The van der Waals surface area contributed by atoms with Crippen LogP contribution < -0.4 is 5.32 Å². The Balaban J connectivity index is 2.75. The van der Waals surface area contributed by atoms with Crippen molar-refractivity contribution in [3.63, 3.8) is 0 Å². The number of benzene rings is 1. The minimum atomic E-state index is -0.506. The maximum absolute atomic E-state index is 12.1. The second kappa shape index (κ2) is 10.9. The van der Waals surface area contributed by atoms with Gasteiger partial charge >= 0.3 is 5.97 Å². The molecule has 0 unspecified atom stereocenters. The number of nitrogens with one attached hydrogen (secondary N) is 1. The molecule has 0 aromatic heterocycles. The number of methoxy groups -OCH3 is 1. The van der Waals surface area contributed by atoms with Gasteiger partial charge in [-0.2, -0.15) is 0 Å². The SMILES string of the molecule is CC/C(=C/C(=O)Nc1ccc(CC(=O)/C=C(/CC)C(=O)OC)cc1)C(C)=O. The highest BCUT2D eigenvalue weighted by Crippen LogP contribution is 2.12. The molecule has 1 aromatic rings. The topological polar surface area (TPSA) is 89.5 Å². The molecule has 1 aromatic carbocycles. The summed E-state index contributed by atoms with van der Waals surface area (Å²) in [6, 6.07) is 6.80. The van der Waals surface area contributed by atoms with E-state index in [9.17, 15) is 19.2 Å². The maximum Gasteiger partial charge on any atom is 0.333 e. The van der Waals surface area contributed by atoms with Crippen molar-refractivity contribution in [1.29, 1.82) is 0 Å². The number of ketones is 2. The Morgan fingerprint density at radius 3 is 2.04 bits per heavy atom. The summed E-state index contributed by atoms with van der Waals surface area (Å²) in [6.07, 6.45) is 3.64. The van der Waals surface area contributed by atoms with E-state index in [1.54, 1.807) is 31.2 Å². The number of carbonyl (C=O) groups excluding carboxylic acids is 4. The lowest BCUT2D eigenvalue weighted by atomic mass is 10.1. The second-order valence-electron chi connectivity index (χ2n) is 5.92. The van der Waals surface area contributed by atoms with E-state index < -0.39 is 5.97 Å². The number of hydrogen-bond acceptors (Lipinski definition) is 5. The van der Waals surface area contributed by atoms with Crippen molar-refractivity contribution in [2.45, 2.75) is 40.0 Å². The van der Waals surface area contributed by atoms with E-state index in [1.165, 1.54) is 26.2 Å². The van der Waals surface area contributed by atoms with Crippen LogP contribution in [0.2, 0.25) is 0 Å². The minimum absolute atomic E-state index is 0.132. The lowest BCUT2D eigenvalue weighted by Gasteiger charge is -2.06. The van der Waals surface area contributed by atoms with Crippen molar-refractivity contribution >= 4 is 29.1 Å². The van der Waals surface area contributed by atoms with E-state index in [1.807, 2.05) is 6.92 Å². The van der Waals surface area contributed by atoms with Gasteiger partial charge in [-0.15, -0.1) is 0 Å². The molecule has 0 saturated heterocycles. The Morgan fingerprint density at radius 2 is 1.56 bits per heavy atom. The summed E-state index contributed by atoms with van der Waals surface area (Å²) in [5, 5.41) is 2.68. The average Bonchev–Trinajstić information content (AvgIpc) is 2.64. The third-order valence-corrected chi connectivity index (χ3v) is 3.90. The molecule has 1 N–H and O–H groups in total. The van der Waals surface area contributed by atoms with E-state index in [2.05, 4.69) is 10.1 Å². The van der Waals surface area contributed by atoms with Gasteiger partial charge in [0.1, 0.15) is 0 Å². The van der Waals surface area contributed by atoms with Gasteiger partial charge in [0.25, 0.3) is 0 Å². The van der Waals surface area contributed by atoms with Crippen LogP contribution in [-0.2, 0) is 30.3 Å². The summed E-state index contributed by atoms with van der Waals surface area (Å²) < 4.78 is 4.63. The quantitative estimate of drug-likeness (QED) is 0.532. The van der Waals surface area contributed by atoms with Crippen LogP contribution in [-0.4, -0.2) is 30.6 Å². The molecular formula is C21H25NO5. The van der Waals surface area contributed by atoms with Gasteiger partial charge in [0.15, 0.2) is 11.6 Å². The van der Waals surface area contributed by atoms with E-state index in [0.717, 1.165) is 5.56 Å². The highest BCUT2D eigenvalue weighted by Gasteiger charge is 2.10. The number of esters is 1. The molecule has 0 heterocycles. The summed E-state index contributed by atoms with van der Waals surface area (Å²) in [4.78, 5) is 46.9. The first-order valence-corrected chi connectivity index (χ1v) is 8.73. The molecule has 0 aliphatic heterocycles. The zero-order valence-electron chi connectivity index (χ0n) is 16.1. The summed E-state index contributed by atoms with van der Waals surface area (Å²) in [6.45, 7) is 5.01. The van der Waals surface area contributed by atoms with Crippen LogP contribution in [0.1, 0.15) is 39.2 Å². The molecular weight excluding hydrogens is 346 g/mol. The predicted molar refractivity (Wildman–Crippen MR) is 103 cm³/mol. The Labute approximate surface area is 159 Å². The highest BCUT2D eigenvalue weighted by atomic mass is 16.5. The first-order chi connectivity index (χ1) is 12.8. The number of hydrogen-bond donors (Lipinski definition) is 1. The standard InChI is InChI=1S/C21H25NO5/c1-5-16(14(3)23)13-20(25)22-18-9-7-15(8-10-18)11-19(24)12-17(6-2)21(26)27-4/h7-10,12-13H,5-6,11H2,1-4H3,(H,22,25)/b16-13-,17-12-. The Bertz CT molecular complexity index is 772. The normalized spacial score (nSPS) is 11.7. The van der Waals surface area contributed by atoms with E-state index in [4.69, 9.17) is 0 Å². The summed E-state index contributed by atoms with van der Waals surface area (Å²) in [5.41, 5.74) is 2.10. The van der Waals surface area contributed by atoms with E-state index in [0.29, 0.717) is 29.7 Å². The lowest BCUT2D eigenvalue weighted by molar-refractivity contribution is -0.136. The molecule has 1 rings (SSSR count). The molecule has 27 heavy (non-hydrogen) atoms. The van der Waals surface area contributed by atoms with E-state index >= 15 is 0 Å². The molecule has 0 radical (unpaired) electrons. The Kier molecular flexibility index (Phi) is 8.85. The molecule has 0 saturated carbocycles. The monoisotopic (exact) mass is 371 g/mol. The van der Waals surface area contributed by atoms with Crippen LogP contribution in [0, 0.1) is 0 Å². The molecule has 1 amide bonds. The van der Waals surface area contributed by atoms with Crippen molar-refractivity contribution < 1.29 is 23.9 Å². The van der Waals surface area contributed by atoms with Gasteiger partial charge in [0.2, 0.25) is 5.91 Å². The molecule has 0 bridgehead atoms. The first-order valence-electron chi connectivity index (χ1n) is 8.73. The largest absolute Gasteiger partial charge is 0.466 e. The molecule has 6 heteroatoms. The van der Waals surface area contributed by atoms with Gasteiger partial charge < -0.3 is 10.1 Å². The maximum atomic E-state index is 12.1. The van der Waals surface area contributed by atoms with Gasteiger partial charge in [-0.05, 0) is 49.1 Å². The number of Topliss-reactive ketones (excluding diaryl/α,β-unsaturated/α-hetero) is 1. The smallest absolute Gasteiger partial charge is 0.333 e. The molecule has 0 fully saturated rings. The van der Waals surface area contributed by atoms with Crippen molar-refractivity contribution in [1.82, 2.24) is 0 Å². The fraction of sp³-hybridized carbons (Fsp3) is 0.333.